The number of methoxy groups -OCH3 is 1. The molecule has 0 rings (SSSR count). The molecule has 96 valence electrons. The lowest BCUT2D eigenvalue weighted by Crippen LogP contribution is -2.43. The summed E-state index contributed by atoms with van der Waals surface area (Å²) in [5.74, 6) is -0.313. The summed E-state index contributed by atoms with van der Waals surface area (Å²) in [6.45, 7) is 0.575. The summed E-state index contributed by atoms with van der Waals surface area (Å²) in [5, 5.41) is 0. The largest absolute Gasteiger partial charge is 0.385 e. The van der Waals surface area contributed by atoms with Gasteiger partial charge in [0.25, 0.3) is 0 Å². The molecule has 7 heteroatoms. The van der Waals surface area contributed by atoms with Gasteiger partial charge in [0, 0.05) is 33.6 Å². The Balaban J connectivity index is 4.07. The van der Waals surface area contributed by atoms with Crippen molar-refractivity contribution in [2.24, 2.45) is 5.73 Å². The van der Waals surface area contributed by atoms with Gasteiger partial charge in [-0.1, -0.05) is 0 Å². The maximum atomic E-state index is 11.6. The minimum absolute atomic E-state index is 0.0494. The van der Waals surface area contributed by atoms with E-state index in [0.717, 1.165) is 6.26 Å². The average molecular weight is 252 g/mol. The highest BCUT2D eigenvalue weighted by Gasteiger charge is 2.18. The molecule has 1 amide bonds. The molecule has 0 heterocycles. The number of sulfone groups is 1. The second kappa shape index (κ2) is 6.82. The van der Waals surface area contributed by atoms with Gasteiger partial charge >= 0.3 is 0 Å². The molecule has 0 saturated carbocycles. The Morgan fingerprint density at radius 2 is 2.06 bits per heavy atom. The fourth-order valence-corrected chi connectivity index (χ4v) is 1.67. The highest BCUT2D eigenvalue weighted by atomic mass is 32.2. The molecule has 0 aromatic rings. The highest BCUT2D eigenvalue weighted by Crippen LogP contribution is 1.96. The van der Waals surface area contributed by atoms with Crippen LogP contribution in [-0.4, -0.2) is 64.6 Å². The van der Waals surface area contributed by atoms with Gasteiger partial charge in [-0.3, -0.25) is 4.79 Å². The minimum Gasteiger partial charge on any atom is -0.385 e. The van der Waals surface area contributed by atoms with Crippen LogP contribution in [0.4, 0.5) is 0 Å². The van der Waals surface area contributed by atoms with E-state index in [-0.39, 0.29) is 18.2 Å². The van der Waals surface area contributed by atoms with Gasteiger partial charge in [-0.25, -0.2) is 8.42 Å². The van der Waals surface area contributed by atoms with Crippen molar-refractivity contribution < 1.29 is 17.9 Å². The third-order valence-corrected chi connectivity index (χ3v) is 3.05. The normalized spacial score (nSPS) is 13.5. The van der Waals surface area contributed by atoms with Crippen LogP contribution >= 0.6 is 0 Å². The van der Waals surface area contributed by atoms with Crippen LogP contribution in [0.3, 0.4) is 0 Å². The maximum Gasteiger partial charge on any atom is 0.239 e. The predicted octanol–water partition coefficient (Wildman–Crippen LogP) is -1.15. The molecule has 0 aliphatic heterocycles. The number of likely N-dealkylation sites (N-methyl/N-ethyl adjacent to an activating group) is 1. The van der Waals surface area contributed by atoms with Crippen molar-refractivity contribution in [1.82, 2.24) is 4.90 Å². The van der Waals surface area contributed by atoms with E-state index in [1.165, 1.54) is 12.0 Å². The fraction of sp³-hybridized carbons (Fsp3) is 0.889. The Bertz CT molecular complexity index is 315. The van der Waals surface area contributed by atoms with Gasteiger partial charge in [-0.2, -0.15) is 0 Å². The van der Waals surface area contributed by atoms with Crippen molar-refractivity contribution >= 4 is 15.7 Å². The first kappa shape index (κ1) is 15.3. The van der Waals surface area contributed by atoms with Crippen LogP contribution in [0.2, 0.25) is 0 Å². The lowest BCUT2D eigenvalue weighted by atomic mass is 10.2. The zero-order valence-electron chi connectivity index (χ0n) is 9.97. The van der Waals surface area contributed by atoms with Crippen molar-refractivity contribution in [3.8, 4) is 0 Å². The summed E-state index contributed by atoms with van der Waals surface area (Å²) in [5.41, 5.74) is 5.62. The average Bonchev–Trinajstić information content (AvgIpc) is 2.20. The van der Waals surface area contributed by atoms with E-state index >= 15 is 0 Å². The van der Waals surface area contributed by atoms with E-state index in [1.807, 2.05) is 0 Å². The molecule has 0 fully saturated rings. The van der Waals surface area contributed by atoms with Gasteiger partial charge < -0.3 is 15.4 Å². The molecule has 0 aromatic heterocycles. The summed E-state index contributed by atoms with van der Waals surface area (Å²) in [6, 6.07) is -0.635. The molecular formula is C9H20N2O4S. The van der Waals surface area contributed by atoms with Crippen molar-refractivity contribution in [2.45, 2.75) is 12.5 Å². The van der Waals surface area contributed by atoms with Gasteiger partial charge in [-0.15, -0.1) is 0 Å². The van der Waals surface area contributed by atoms with Crippen molar-refractivity contribution in [3.63, 3.8) is 0 Å². The van der Waals surface area contributed by atoms with Gasteiger partial charge in [-0.05, 0) is 6.42 Å². The standard InChI is InChI=1S/C9H20N2O4S/c1-11(5-7-16(3,13)14)9(12)8(10)4-6-15-2/h8H,4-7,10H2,1-3H3. The topological polar surface area (TPSA) is 89.7 Å². The second-order valence-corrected chi connectivity index (χ2v) is 6.04. The summed E-state index contributed by atoms with van der Waals surface area (Å²) >= 11 is 0. The smallest absolute Gasteiger partial charge is 0.239 e. The zero-order valence-corrected chi connectivity index (χ0v) is 10.8. The number of hydrogen-bond acceptors (Lipinski definition) is 5. The number of hydrogen-bond donors (Lipinski definition) is 1. The molecule has 0 spiro atoms. The Morgan fingerprint density at radius 3 is 2.50 bits per heavy atom. The SMILES string of the molecule is COCCC(N)C(=O)N(C)CCS(C)(=O)=O. The Morgan fingerprint density at radius 1 is 1.50 bits per heavy atom. The van der Waals surface area contributed by atoms with Crippen LogP contribution in [0.5, 0.6) is 0 Å². The molecule has 0 aliphatic rings. The predicted molar refractivity (Wildman–Crippen MR) is 61.8 cm³/mol. The molecule has 0 aliphatic carbocycles. The third-order valence-electron chi connectivity index (χ3n) is 2.12. The monoisotopic (exact) mass is 252 g/mol. The first-order valence-corrected chi connectivity index (χ1v) is 7.01. The third kappa shape index (κ3) is 6.76. The molecule has 0 radical (unpaired) electrons. The maximum absolute atomic E-state index is 11.6. The van der Waals surface area contributed by atoms with E-state index in [2.05, 4.69) is 0 Å². The van der Waals surface area contributed by atoms with Crippen LogP contribution in [0.1, 0.15) is 6.42 Å². The first-order chi connectivity index (χ1) is 7.28. The van der Waals surface area contributed by atoms with E-state index in [4.69, 9.17) is 10.5 Å². The summed E-state index contributed by atoms with van der Waals surface area (Å²) < 4.78 is 26.6. The summed E-state index contributed by atoms with van der Waals surface area (Å²) in [7, 11) is 0.0194. The summed E-state index contributed by atoms with van der Waals surface area (Å²) in [6.07, 6.45) is 1.56. The van der Waals surface area contributed by atoms with Crippen LogP contribution in [-0.2, 0) is 19.4 Å². The summed E-state index contributed by atoms with van der Waals surface area (Å²) in [4.78, 5) is 13.0. The molecule has 0 saturated heterocycles. The van der Waals surface area contributed by atoms with Crippen molar-refractivity contribution in [2.75, 3.05) is 39.3 Å². The van der Waals surface area contributed by atoms with Gasteiger partial charge in [0.2, 0.25) is 5.91 Å². The molecule has 0 aromatic carbocycles. The van der Waals surface area contributed by atoms with Crippen molar-refractivity contribution in [1.29, 1.82) is 0 Å². The number of nitrogens with zero attached hydrogens (tertiary/aromatic N) is 1. The Labute approximate surface area is 96.7 Å². The number of carbonyl (C=O) groups is 1. The lowest BCUT2D eigenvalue weighted by molar-refractivity contribution is -0.131. The highest BCUT2D eigenvalue weighted by molar-refractivity contribution is 7.90. The molecule has 1 unspecified atom stereocenters. The number of carbonyl (C=O) groups excluding carboxylic acids is 1. The quantitative estimate of drug-likeness (QED) is 0.618. The first-order valence-electron chi connectivity index (χ1n) is 4.95. The molecule has 1 atom stereocenters. The van der Waals surface area contributed by atoms with Crippen LogP contribution < -0.4 is 5.73 Å². The molecule has 2 N–H and O–H groups in total. The lowest BCUT2D eigenvalue weighted by Gasteiger charge is -2.20. The van der Waals surface area contributed by atoms with Gasteiger partial charge in [0.05, 0.1) is 11.8 Å². The molecule has 6 nitrogen and oxygen atoms in total. The van der Waals surface area contributed by atoms with Gasteiger partial charge in [0.1, 0.15) is 9.84 Å². The zero-order chi connectivity index (χ0) is 12.8. The number of nitrogens with two attached hydrogens (primary N) is 1. The number of amides is 1. The Hall–Kier alpha value is -0.660. The Kier molecular flexibility index (Phi) is 6.54. The van der Waals surface area contributed by atoms with E-state index in [9.17, 15) is 13.2 Å². The number of rotatable bonds is 7. The molecule has 0 bridgehead atoms. The minimum atomic E-state index is -3.05. The number of ether oxygens (including phenoxy) is 1. The van der Waals surface area contributed by atoms with E-state index < -0.39 is 15.9 Å². The van der Waals surface area contributed by atoms with E-state index in [1.54, 1.807) is 7.05 Å². The van der Waals surface area contributed by atoms with Crippen LogP contribution in [0.15, 0.2) is 0 Å². The fourth-order valence-electron chi connectivity index (χ4n) is 1.06. The van der Waals surface area contributed by atoms with Crippen LogP contribution in [0, 0.1) is 0 Å². The van der Waals surface area contributed by atoms with E-state index in [0.29, 0.717) is 13.0 Å². The molecule has 16 heavy (non-hydrogen) atoms. The molecular weight excluding hydrogens is 232 g/mol. The van der Waals surface area contributed by atoms with Crippen molar-refractivity contribution in [3.05, 3.63) is 0 Å². The van der Waals surface area contributed by atoms with Gasteiger partial charge in [0.15, 0.2) is 0 Å². The van der Waals surface area contributed by atoms with Crippen LogP contribution in [0.25, 0.3) is 0 Å². The second-order valence-electron chi connectivity index (χ2n) is 3.78.